The van der Waals surface area contributed by atoms with Crippen LogP contribution in [-0.4, -0.2) is 23.4 Å². The van der Waals surface area contributed by atoms with Gasteiger partial charge < -0.3 is 9.84 Å². The van der Waals surface area contributed by atoms with E-state index < -0.39 is 17.7 Å². The quantitative estimate of drug-likeness (QED) is 0.331. The predicted molar refractivity (Wildman–Crippen MR) is 121 cm³/mol. The number of halogens is 1. The summed E-state index contributed by atoms with van der Waals surface area (Å²) in [5, 5.41) is 13.6. The number of benzene rings is 2. The molecule has 0 radical (unpaired) electrons. The van der Waals surface area contributed by atoms with E-state index in [1.807, 2.05) is 23.6 Å². The first kappa shape index (κ1) is 19.8. The van der Waals surface area contributed by atoms with Gasteiger partial charge in [-0.05, 0) is 72.3 Å². The third kappa shape index (κ3) is 3.42. The van der Waals surface area contributed by atoms with Crippen molar-refractivity contribution < 1.29 is 19.4 Å². The van der Waals surface area contributed by atoms with Crippen molar-refractivity contribution in [1.82, 2.24) is 0 Å². The summed E-state index contributed by atoms with van der Waals surface area (Å²) < 4.78 is 5.65. The number of rotatable bonds is 3. The van der Waals surface area contributed by atoms with Crippen LogP contribution in [0.4, 0.5) is 5.69 Å². The molecule has 1 atom stereocenters. The molecule has 1 N–H and O–H groups in total. The minimum Gasteiger partial charge on any atom is -0.507 e. The lowest BCUT2D eigenvalue weighted by molar-refractivity contribution is -0.132. The van der Waals surface area contributed by atoms with Crippen LogP contribution < -0.4 is 9.64 Å². The molecule has 0 saturated carbocycles. The largest absolute Gasteiger partial charge is 0.507 e. The van der Waals surface area contributed by atoms with E-state index in [0.29, 0.717) is 22.9 Å². The van der Waals surface area contributed by atoms with Crippen LogP contribution in [0.1, 0.15) is 28.5 Å². The zero-order valence-corrected chi connectivity index (χ0v) is 17.9. The van der Waals surface area contributed by atoms with E-state index in [2.05, 4.69) is 0 Å². The summed E-state index contributed by atoms with van der Waals surface area (Å²) in [6, 6.07) is 15.1. The Kier molecular flexibility index (Phi) is 5.04. The maximum atomic E-state index is 13.1. The second kappa shape index (κ2) is 7.87. The molecule has 2 aliphatic heterocycles. The van der Waals surface area contributed by atoms with Gasteiger partial charge in [0.05, 0.1) is 12.2 Å². The first-order valence-electron chi connectivity index (χ1n) is 9.90. The number of aryl methyl sites for hydroxylation is 1. The zero-order valence-electron chi connectivity index (χ0n) is 16.4. The second-order valence-corrected chi connectivity index (χ2v) is 8.85. The Bertz CT molecular complexity index is 1200. The molecule has 5 rings (SSSR count). The maximum Gasteiger partial charge on any atom is 0.300 e. The summed E-state index contributed by atoms with van der Waals surface area (Å²) in [5.74, 6) is -0.774. The Morgan fingerprint density at radius 2 is 1.94 bits per heavy atom. The number of aliphatic hydroxyl groups excluding tert-OH is 1. The molecule has 1 amide bonds. The van der Waals surface area contributed by atoms with Crippen LogP contribution in [0.25, 0.3) is 5.76 Å². The van der Waals surface area contributed by atoms with Gasteiger partial charge in [-0.1, -0.05) is 17.7 Å². The van der Waals surface area contributed by atoms with Crippen LogP contribution in [0.15, 0.2) is 65.6 Å². The SMILES string of the molecule is O=C1C(=O)N(c2ccc(Cl)cc2)C(c2cccs2)/C1=C(/O)c1ccc2c(c1)CCCO2. The van der Waals surface area contributed by atoms with Crippen molar-refractivity contribution in [1.29, 1.82) is 0 Å². The Hall–Kier alpha value is -3.09. The van der Waals surface area contributed by atoms with Gasteiger partial charge in [-0.15, -0.1) is 11.3 Å². The van der Waals surface area contributed by atoms with E-state index in [4.69, 9.17) is 16.3 Å². The molecule has 0 spiro atoms. The van der Waals surface area contributed by atoms with E-state index in [-0.39, 0.29) is 11.3 Å². The highest BCUT2D eigenvalue weighted by molar-refractivity contribution is 7.10. The first-order chi connectivity index (χ1) is 15.0. The lowest BCUT2D eigenvalue weighted by Gasteiger charge is -2.24. The van der Waals surface area contributed by atoms with Crippen LogP contribution in [0.2, 0.25) is 5.02 Å². The number of thiophene rings is 1. The smallest absolute Gasteiger partial charge is 0.300 e. The summed E-state index contributed by atoms with van der Waals surface area (Å²) in [6.07, 6.45) is 1.73. The average Bonchev–Trinajstić information content (AvgIpc) is 3.41. The highest BCUT2D eigenvalue weighted by Gasteiger charge is 2.47. The van der Waals surface area contributed by atoms with Gasteiger partial charge in [0.15, 0.2) is 0 Å². The fourth-order valence-corrected chi connectivity index (χ4v) is 5.03. The van der Waals surface area contributed by atoms with Gasteiger partial charge in [-0.3, -0.25) is 14.5 Å². The number of hydrogen-bond donors (Lipinski definition) is 1. The molecular formula is C24H18ClNO4S. The van der Waals surface area contributed by atoms with Crippen molar-refractivity contribution in [3.63, 3.8) is 0 Å². The van der Waals surface area contributed by atoms with Crippen molar-refractivity contribution >= 4 is 46.1 Å². The van der Waals surface area contributed by atoms with Gasteiger partial charge in [0.1, 0.15) is 17.6 Å². The highest BCUT2D eigenvalue weighted by atomic mass is 35.5. The number of carbonyl (C=O) groups is 2. The fraction of sp³-hybridized carbons (Fsp3) is 0.167. The fourth-order valence-electron chi connectivity index (χ4n) is 4.08. The van der Waals surface area contributed by atoms with E-state index in [1.54, 1.807) is 36.4 Å². The number of carbonyl (C=O) groups excluding carboxylic acids is 2. The van der Waals surface area contributed by atoms with Crippen molar-refractivity contribution in [2.75, 3.05) is 11.5 Å². The number of Topliss-reactive ketones (excluding diaryl/α,β-unsaturated/α-hetero) is 1. The number of fused-ring (bicyclic) bond motifs is 1. The van der Waals surface area contributed by atoms with Gasteiger partial charge in [0, 0.05) is 21.2 Å². The molecule has 1 unspecified atom stereocenters. The lowest BCUT2D eigenvalue weighted by Crippen LogP contribution is -2.29. The third-order valence-corrected chi connectivity index (χ3v) is 6.72. The normalized spacial score (nSPS) is 19.9. The number of anilines is 1. The molecule has 3 aromatic rings. The highest BCUT2D eigenvalue weighted by Crippen LogP contribution is 2.44. The maximum absolute atomic E-state index is 13.1. The molecule has 1 fully saturated rings. The topological polar surface area (TPSA) is 66.8 Å². The Morgan fingerprint density at radius 1 is 1.13 bits per heavy atom. The van der Waals surface area contributed by atoms with Gasteiger partial charge in [0.2, 0.25) is 0 Å². The lowest BCUT2D eigenvalue weighted by atomic mass is 9.97. The summed E-state index contributed by atoms with van der Waals surface area (Å²) >= 11 is 7.44. The summed E-state index contributed by atoms with van der Waals surface area (Å²) in [6.45, 7) is 0.670. The molecular weight excluding hydrogens is 434 g/mol. The molecule has 2 aliphatic rings. The molecule has 1 aromatic heterocycles. The van der Waals surface area contributed by atoms with E-state index >= 15 is 0 Å². The van der Waals surface area contributed by atoms with Crippen LogP contribution >= 0.6 is 22.9 Å². The minimum absolute atomic E-state index is 0.0825. The number of ether oxygens (including phenoxy) is 1. The monoisotopic (exact) mass is 451 g/mol. The van der Waals surface area contributed by atoms with E-state index in [0.717, 1.165) is 29.0 Å². The number of hydrogen-bond acceptors (Lipinski definition) is 5. The van der Waals surface area contributed by atoms with Crippen LogP contribution in [-0.2, 0) is 16.0 Å². The van der Waals surface area contributed by atoms with Crippen molar-refractivity contribution in [3.8, 4) is 5.75 Å². The molecule has 7 heteroatoms. The molecule has 31 heavy (non-hydrogen) atoms. The zero-order chi connectivity index (χ0) is 21.5. The number of nitrogens with zero attached hydrogens (tertiary/aromatic N) is 1. The van der Waals surface area contributed by atoms with Crippen molar-refractivity contribution in [2.45, 2.75) is 18.9 Å². The molecule has 0 bridgehead atoms. The minimum atomic E-state index is -0.714. The van der Waals surface area contributed by atoms with Crippen LogP contribution in [0.5, 0.6) is 5.75 Å². The van der Waals surface area contributed by atoms with Gasteiger partial charge in [0.25, 0.3) is 11.7 Å². The predicted octanol–water partition coefficient (Wildman–Crippen LogP) is 5.35. The Labute approximate surface area is 188 Å². The standard InChI is InChI=1S/C24H18ClNO4S/c25-16-6-8-17(9-7-16)26-21(19-4-2-12-31-19)20(23(28)24(26)29)22(27)15-5-10-18-14(13-15)3-1-11-30-18/h2,4-10,12-13,21,27H,1,3,11H2/b22-20-. The molecule has 5 nitrogen and oxygen atoms in total. The van der Waals surface area contributed by atoms with Gasteiger partial charge in [-0.2, -0.15) is 0 Å². The molecule has 156 valence electrons. The van der Waals surface area contributed by atoms with Crippen LogP contribution in [0.3, 0.4) is 0 Å². The van der Waals surface area contributed by atoms with Crippen molar-refractivity contribution in [2.24, 2.45) is 0 Å². The van der Waals surface area contributed by atoms with E-state index in [1.165, 1.54) is 16.2 Å². The number of aliphatic hydroxyl groups is 1. The third-order valence-electron chi connectivity index (χ3n) is 5.54. The summed E-state index contributed by atoms with van der Waals surface area (Å²) in [7, 11) is 0. The number of ketones is 1. The van der Waals surface area contributed by atoms with Crippen molar-refractivity contribution in [3.05, 3.63) is 86.6 Å². The second-order valence-electron chi connectivity index (χ2n) is 7.44. The average molecular weight is 452 g/mol. The molecule has 1 saturated heterocycles. The number of amides is 1. The summed E-state index contributed by atoms with van der Waals surface area (Å²) in [4.78, 5) is 28.4. The van der Waals surface area contributed by atoms with Gasteiger partial charge in [-0.25, -0.2) is 0 Å². The first-order valence-corrected chi connectivity index (χ1v) is 11.2. The Balaban J connectivity index is 1.66. The molecule has 3 heterocycles. The molecule has 0 aliphatic carbocycles. The Morgan fingerprint density at radius 3 is 2.68 bits per heavy atom. The van der Waals surface area contributed by atoms with Crippen LogP contribution in [0, 0.1) is 0 Å². The van der Waals surface area contributed by atoms with E-state index in [9.17, 15) is 14.7 Å². The van der Waals surface area contributed by atoms with Gasteiger partial charge >= 0.3 is 0 Å². The summed E-state index contributed by atoms with van der Waals surface area (Å²) in [5.41, 5.74) is 2.11. The molecule has 2 aromatic carbocycles.